The quantitative estimate of drug-likeness (QED) is 0.241. The highest BCUT2D eigenvalue weighted by atomic mass is 32.2. The Morgan fingerprint density at radius 3 is 1.97 bits per heavy atom. The lowest BCUT2D eigenvalue weighted by atomic mass is 10.0. The summed E-state index contributed by atoms with van der Waals surface area (Å²) in [5.74, 6) is 0. The minimum atomic E-state index is -4.62. The van der Waals surface area contributed by atoms with E-state index in [1.807, 2.05) is 61.5 Å². The van der Waals surface area contributed by atoms with E-state index in [9.17, 15) is 21.4 Å². The molecular weight excluding hydrogens is 482 g/mol. The molecule has 0 unspecified atom stereocenters. The van der Waals surface area contributed by atoms with Gasteiger partial charge in [0.1, 0.15) is 4.90 Å². The molecule has 0 saturated heterocycles. The van der Waals surface area contributed by atoms with Crippen LogP contribution in [0.5, 0.6) is 0 Å². The molecule has 0 radical (unpaired) electrons. The summed E-state index contributed by atoms with van der Waals surface area (Å²) in [5, 5.41) is 0. The predicted molar refractivity (Wildman–Crippen MR) is 139 cm³/mol. The Balaban J connectivity index is 1.60. The van der Waals surface area contributed by atoms with Crippen LogP contribution in [0.2, 0.25) is 0 Å². The summed E-state index contributed by atoms with van der Waals surface area (Å²) in [7, 11) is -8.55. The highest BCUT2D eigenvalue weighted by Crippen LogP contribution is 2.26. The van der Waals surface area contributed by atoms with Crippen molar-refractivity contribution in [2.45, 2.75) is 16.7 Å². The third-order valence-electron chi connectivity index (χ3n) is 5.35. The molecule has 6 nitrogen and oxygen atoms in total. The predicted octanol–water partition coefficient (Wildman–Crippen LogP) is 5.88. The van der Waals surface area contributed by atoms with Gasteiger partial charge in [0, 0.05) is 0 Å². The third-order valence-corrected chi connectivity index (χ3v) is 7.65. The fourth-order valence-corrected chi connectivity index (χ4v) is 5.25. The standard InChI is InChI=1S/C27H23NO5S2/c1-20-7-17-26(18-8-20)34(29,30)28-25-16-15-24(27(19-25)35(31,32)33)14-11-21-9-12-23(13-10-21)22-5-3-2-4-6-22/h2-19,28H,1H3,(H,31,32,33). The van der Waals surface area contributed by atoms with E-state index < -0.39 is 25.0 Å². The van der Waals surface area contributed by atoms with Gasteiger partial charge in [0.2, 0.25) is 0 Å². The maximum Gasteiger partial charge on any atom is 0.295 e. The van der Waals surface area contributed by atoms with Gasteiger partial charge in [0.25, 0.3) is 20.1 Å². The van der Waals surface area contributed by atoms with Crippen LogP contribution in [-0.4, -0.2) is 21.4 Å². The van der Waals surface area contributed by atoms with Crippen molar-refractivity contribution in [3.63, 3.8) is 0 Å². The van der Waals surface area contributed by atoms with Crippen molar-refractivity contribution in [3.8, 4) is 11.1 Å². The van der Waals surface area contributed by atoms with E-state index in [2.05, 4.69) is 4.72 Å². The van der Waals surface area contributed by atoms with Crippen molar-refractivity contribution in [1.82, 2.24) is 0 Å². The number of hydrogen-bond acceptors (Lipinski definition) is 4. The minimum absolute atomic E-state index is 0.0163. The summed E-state index contributed by atoms with van der Waals surface area (Å²) in [6.45, 7) is 1.84. The summed E-state index contributed by atoms with van der Waals surface area (Å²) < 4.78 is 61.5. The maximum absolute atomic E-state index is 12.7. The smallest absolute Gasteiger partial charge is 0.282 e. The van der Waals surface area contributed by atoms with Gasteiger partial charge >= 0.3 is 0 Å². The van der Waals surface area contributed by atoms with Gasteiger partial charge in [-0.1, -0.05) is 90.5 Å². The lowest BCUT2D eigenvalue weighted by molar-refractivity contribution is 0.483. The van der Waals surface area contributed by atoms with Crippen molar-refractivity contribution in [1.29, 1.82) is 0 Å². The number of nitrogens with one attached hydrogen (secondary N) is 1. The molecule has 4 aromatic carbocycles. The van der Waals surface area contributed by atoms with Gasteiger partial charge in [0.05, 0.1) is 10.6 Å². The average Bonchev–Trinajstić information content (AvgIpc) is 2.83. The zero-order chi connectivity index (χ0) is 25.1. The average molecular weight is 506 g/mol. The third kappa shape index (κ3) is 6.05. The van der Waals surface area contributed by atoms with E-state index in [4.69, 9.17) is 0 Å². The summed E-state index contributed by atoms with van der Waals surface area (Å²) in [6.07, 6.45) is 3.27. The molecule has 2 N–H and O–H groups in total. The van der Waals surface area contributed by atoms with Gasteiger partial charge in [-0.25, -0.2) is 8.42 Å². The highest BCUT2D eigenvalue weighted by Gasteiger charge is 2.18. The molecule has 4 rings (SSSR count). The normalized spacial score (nSPS) is 12.1. The van der Waals surface area contributed by atoms with Crippen LogP contribution in [0, 0.1) is 6.92 Å². The number of anilines is 1. The first kappa shape index (κ1) is 24.4. The molecule has 0 aliphatic rings. The van der Waals surface area contributed by atoms with Crippen LogP contribution >= 0.6 is 0 Å². The zero-order valence-electron chi connectivity index (χ0n) is 18.8. The van der Waals surface area contributed by atoms with Crippen molar-refractivity contribution in [2.24, 2.45) is 0 Å². The van der Waals surface area contributed by atoms with E-state index in [-0.39, 0.29) is 16.1 Å². The van der Waals surface area contributed by atoms with E-state index in [0.717, 1.165) is 28.3 Å². The molecule has 0 heterocycles. The first-order valence-electron chi connectivity index (χ1n) is 10.7. The van der Waals surface area contributed by atoms with E-state index in [0.29, 0.717) is 0 Å². The van der Waals surface area contributed by atoms with Gasteiger partial charge in [-0.3, -0.25) is 9.27 Å². The van der Waals surface area contributed by atoms with Gasteiger partial charge in [-0.05, 0) is 53.4 Å². The number of hydrogen-bond donors (Lipinski definition) is 2. The molecule has 0 fully saturated rings. The van der Waals surface area contributed by atoms with E-state index in [1.54, 1.807) is 24.3 Å². The molecule has 4 aromatic rings. The Hall–Kier alpha value is -3.72. The summed E-state index contributed by atoms with van der Waals surface area (Å²) in [6, 6.07) is 27.8. The van der Waals surface area contributed by atoms with Crippen molar-refractivity contribution in [3.05, 3.63) is 114 Å². The van der Waals surface area contributed by atoms with Gasteiger partial charge in [0.15, 0.2) is 0 Å². The second kappa shape index (κ2) is 9.87. The lowest BCUT2D eigenvalue weighted by Gasteiger charge is -2.11. The molecule has 0 saturated carbocycles. The van der Waals surface area contributed by atoms with Crippen LogP contribution < -0.4 is 4.72 Å². The van der Waals surface area contributed by atoms with Crippen LogP contribution in [0.15, 0.2) is 107 Å². The number of rotatable bonds is 7. The Labute approximate surface area is 205 Å². The molecule has 8 heteroatoms. The van der Waals surface area contributed by atoms with Crippen LogP contribution in [0.4, 0.5) is 5.69 Å². The summed E-state index contributed by atoms with van der Waals surface area (Å²) in [5.41, 5.74) is 4.10. The van der Waals surface area contributed by atoms with Crippen LogP contribution in [-0.2, 0) is 20.1 Å². The molecule has 0 atom stereocenters. The molecule has 0 bridgehead atoms. The SMILES string of the molecule is Cc1ccc(S(=O)(=O)Nc2ccc(C=Cc3ccc(-c4ccccc4)cc3)c(S(=O)(=O)O)c2)cc1. The summed E-state index contributed by atoms with van der Waals surface area (Å²) in [4.78, 5) is -0.363. The second-order valence-corrected chi connectivity index (χ2v) is 11.0. The Bertz CT molecular complexity index is 1580. The molecule has 0 aromatic heterocycles. The Morgan fingerprint density at radius 1 is 0.714 bits per heavy atom. The Morgan fingerprint density at radius 2 is 1.34 bits per heavy atom. The van der Waals surface area contributed by atoms with E-state index in [1.165, 1.54) is 24.3 Å². The van der Waals surface area contributed by atoms with Crippen LogP contribution in [0.1, 0.15) is 16.7 Å². The van der Waals surface area contributed by atoms with Crippen molar-refractivity contribution >= 4 is 38.0 Å². The van der Waals surface area contributed by atoms with Crippen LogP contribution in [0.25, 0.3) is 23.3 Å². The largest absolute Gasteiger partial charge is 0.295 e. The molecule has 0 aliphatic carbocycles. The first-order valence-corrected chi connectivity index (χ1v) is 13.6. The molecule has 0 aliphatic heterocycles. The minimum Gasteiger partial charge on any atom is -0.282 e. The second-order valence-electron chi connectivity index (χ2n) is 7.97. The first-order chi connectivity index (χ1) is 16.6. The van der Waals surface area contributed by atoms with E-state index >= 15 is 0 Å². The molecule has 35 heavy (non-hydrogen) atoms. The van der Waals surface area contributed by atoms with Crippen molar-refractivity contribution < 1.29 is 21.4 Å². The fraction of sp³-hybridized carbons (Fsp3) is 0.0370. The topological polar surface area (TPSA) is 101 Å². The lowest BCUT2D eigenvalue weighted by Crippen LogP contribution is -2.13. The van der Waals surface area contributed by atoms with Crippen LogP contribution in [0.3, 0.4) is 0 Å². The molecular formula is C27H23NO5S2. The van der Waals surface area contributed by atoms with Crippen molar-refractivity contribution in [2.75, 3.05) is 4.72 Å². The molecule has 0 spiro atoms. The maximum atomic E-state index is 12.7. The van der Waals surface area contributed by atoms with Gasteiger partial charge in [-0.2, -0.15) is 8.42 Å². The van der Waals surface area contributed by atoms with Gasteiger partial charge in [-0.15, -0.1) is 0 Å². The van der Waals surface area contributed by atoms with Gasteiger partial charge < -0.3 is 0 Å². The zero-order valence-corrected chi connectivity index (χ0v) is 20.4. The number of aryl methyl sites for hydroxylation is 1. The number of sulfonamides is 1. The fourth-order valence-electron chi connectivity index (χ4n) is 3.49. The summed E-state index contributed by atoms with van der Waals surface area (Å²) >= 11 is 0. The Kier molecular flexibility index (Phi) is 6.88. The highest BCUT2D eigenvalue weighted by molar-refractivity contribution is 7.92. The number of benzene rings is 4. The monoisotopic (exact) mass is 505 g/mol. The molecule has 178 valence electrons. The molecule has 0 amide bonds.